The molecule has 6 atom stereocenters. The summed E-state index contributed by atoms with van der Waals surface area (Å²) in [5.74, 6) is 0.435. The smallest absolute Gasteiger partial charge is 0.315 e. The minimum atomic E-state index is -1.47. The van der Waals surface area contributed by atoms with Crippen LogP contribution in [0.4, 0.5) is 4.79 Å². The van der Waals surface area contributed by atoms with Gasteiger partial charge >= 0.3 is 6.03 Å². The van der Waals surface area contributed by atoms with E-state index in [1.165, 1.54) is 6.92 Å². The molecule has 0 saturated carbocycles. The van der Waals surface area contributed by atoms with Gasteiger partial charge in [-0.25, -0.2) is 4.79 Å². The van der Waals surface area contributed by atoms with Crippen LogP contribution < -0.4 is 31.9 Å². The summed E-state index contributed by atoms with van der Waals surface area (Å²) in [5, 5.41) is 27.9. The van der Waals surface area contributed by atoms with Crippen LogP contribution in [0.3, 0.4) is 0 Å². The molecule has 306 valence electrons. The van der Waals surface area contributed by atoms with Crippen LogP contribution in [0.2, 0.25) is 0 Å². The number of hydrogen-bond donors (Lipinski definition) is 7. The first kappa shape index (κ1) is 43.8. The topological polar surface area (TPSA) is 207 Å². The minimum Gasteiger partial charge on any atom is -0.368 e. The number of carbonyl (C=O) groups is 6. The van der Waals surface area contributed by atoms with Gasteiger partial charge in [0.25, 0.3) is 5.91 Å². The van der Waals surface area contributed by atoms with Crippen molar-refractivity contribution in [1.29, 1.82) is 0 Å². The Morgan fingerprint density at radius 2 is 1.15 bits per heavy atom. The molecule has 4 fully saturated rings. The highest BCUT2D eigenvalue weighted by molar-refractivity contribution is 8.00. The van der Waals surface area contributed by atoms with E-state index in [0.29, 0.717) is 50.6 Å². The molecule has 54 heavy (non-hydrogen) atoms. The van der Waals surface area contributed by atoms with E-state index < -0.39 is 23.3 Å². The summed E-state index contributed by atoms with van der Waals surface area (Å²) in [5.41, 5.74) is -2.92. The van der Waals surface area contributed by atoms with Crippen molar-refractivity contribution >= 4 is 47.2 Å². The predicted octanol–water partition coefficient (Wildman–Crippen LogP) is 3.63. The van der Waals surface area contributed by atoms with Crippen molar-refractivity contribution in [3.8, 4) is 0 Å². The Balaban J connectivity index is 0.820. The van der Waals surface area contributed by atoms with Gasteiger partial charge in [-0.15, -0.1) is 0 Å². The number of epoxide rings is 1. The van der Waals surface area contributed by atoms with Crippen LogP contribution >= 0.6 is 11.8 Å². The van der Waals surface area contributed by atoms with Crippen molar-refractivity contribution < 1.29 is 38.6 Å². The molecule has 4 rings (SSSR count). The molecule has 7 N–H and O–H groups in total. The Bertz CT molecular complexity index is 1270. The van der Waals surface area contributed by atoms with Crippen molar-refractivity contribution in [2.45, 2.75) is 183 Å². The highest BCUT2D eigenvalue weighted by atomic mass is 32.2. The maximum absolute atomic E-state index is 12.5. The highest BCUT2D eigenvalue weighted by Crippen LogP contribution is 2.49. The van der Waals surface area contributed by atoms with Crippen LogP contribution in [-0.2, 0) is 28.7 Å². The maximum Gasteiger partial charge on any atom is 0.315 e. The van der Waals surface area contributed by atoms with Crippen molar-refractivity contribution in [2.75, 3.05) is 25.4 Å². The Labute approximate surface area is 325 Å². The molecule has 0 spiro atoms. The van der Waals surface area contributed by atoms with Gasteiger partial charge in [0.15, 0.2) is 17.6 Å². The fourth-order valence-electron chi connectivity index (χ4n) is 7.79. The van der Waals surface area contributed by atoms with E-state index in [2.05, 4.69) is 31.9 Å². The lowest BCUT2D eigenvalue weighted by Crippen LogP contribution is -2.45. The zero-order valence-corrected chi connectivity index (χ0v) is 33.2. The molecular formula is C39H66N6O8S. The number of rotatable bonds is 30. The molecule has 4 saturated heterocycles. The molecule has 14 nitrogen and oxygen atoms in total. The molecular weight excluding hydrogens is 713 g/mol. The summed E-state index contributed by atoms with van der Waals surface area (Å²) in [6.07, 6.45) is 18.3. The third kappa shape index (κ3) is 14.0. The number of amides is 6. The standard InChI is InChI=1S/C39H66N6O8S/c1-38(52)35-39(53-35,36(50)45-38)30(46)20-11-7-5-3-2-4-6-8-16-24-40-31(47)21-12-9-17-25-41-32(48)22-13-10-18-26-42-33(49)23-15-14-19-29-34-28(27-54-29)43-37(51)44-34/h28-29,34-35,52H,2-27H2,1H3,(H,40,47)(H,41,48)(H,42,49)(H,45,50)(H2,43,44,51)/t28-,29-,34-,35-,38?,39-/m0/s1. The number of nitrogens with one attached hydrogen (secondary N) is 6. The zero-order chi connectivity index (χ0) is 38.8. The number of thioether (sulfide) groups is 1. The van der Waals surface area contributed by atoms with Crippen molar-refractivity contribution in [3.05, 3.63) is 0 Å². The first-order valence-corrected chi connectivity index (χ1v) is 21.8. The lowest BCUT2D eigenvalue weighted by molar-refractivity contribution is -0.138. The quantitative estimate of drug-likeness (QED) is 0.0246. The molecule has 1 unspecified atom stereocenters. The summed E-state index contributed by atoms with van der Waals surface area (Å²) in [6.45, 7) is 3.42. The van der Waals surface area contributed by atoms with Gasteiger partial charge in [0.1, 0.15) is 0 Å². The van der Waals surface area contributed by atoms with Gasteiger partial charge in [-0.3, -0.25) is 24.0 Å². The normalized spacial score (nSPS) is 26.3. The van der Waals surface area contributed by atoms with Crippen LogP contribution in [0.5, 0.6) is 0 Å². The number of morpholine rings is 1. The average Bonchev–Trinajstić information content (AvgIpc) is 3.61. The van der Waals surface area contributed by atoms with E-state index in [9.17, 15) is 33.9 Å². The molecule has 0 aliphatic carbocycles. The number of ketones is 1. The molecule has 0 bridgehead atoms. The third-order valence-electron chi connectivity index (χ3n) is 11.0. The molecule has 4 heterocycles. The molecule has 0 aromatic rings. The van der Waals surface area contributed by atoms with Crippen LogP contribution in [0, 0.1) is 0 Å². The number of unbranched alkanes of at least 4 members (excludes halogenated alkanes) is 13. The number of hydrogen-bond acceptors (Lipinski definition) is 9. The first-order chi connectivity index (χ1) is 26.0. The third-order valence-corrected chi connectivity index (χ3v) is 12.5. The van der Waals surface area contributed by atoms with Gasteiger partial charge < -0.3 is 41.7 Å². The van der Waals surface area contributed by atoms with E-state index >= 15 is 0 Å². The van der Waals surface area contributed by atoms with Crippen molar-refractivity contribution in [2.24, 2.45) is 0 Å². The number of carbonyl (C=O) groups excluding carboxylic acids is 6. The van der Waals surface area contributed by atoms with Crippen LogP contribution in [0.15, 0.2) is 0 Å². The molecule has 6 amide bonds. The Kier molecular flexibility index (Phi) is 18.3. The molecule has 0 aromatic carbocycles. The van der Waals surface area contributed by atoms with Crippen LogP contribution in [0.25, 0.3) is 0 Å². The fraction of sp³-hybridized carbons (Fsp3) is 0.846. The second-order valence-corrected chi connectivity index (χ2v) is 17.0. The van der Waals surface area contributed by atoms with E-state index in [0.717, 1.165) is 121 Å². The Morgan fingerprint density at radius 1 is 0.685 bits per heavy atom. The fourth-order valence-corrected chi connectivity index (χ4v) is 9.34. The zero-order valence-electron chi connectivity index (χ0n) is 32.4. The second kappa shape index (κ2) is 22.6. The summed E-state index contributed by atoms with van der Waals surface area (Å²) in [4.78, 5) is 72.4. The lowest BCUT2D eigenvalue weighted by Gasteiger charge is -2.16. The van der Waals surface area contributed by atoms with Gasteiger partial charge in [-0.05, 0) is 58.3 Å². The summed E-state index contributed by atoms with van der Waals surface area (Å²) in [7, 11) is 0. The van der Waals surface area contributed by atoms with Gasteiger partial charge in [-0.1, -0.05) is 64.2 Å². The van der Waals surface area contributed by atoms with Gasteiger partial charge in [-0.2, -0.15) is 11.8 Å². The first-order valence-electron chi connectivity index (χ1n) is 20.8. The molecule has 4 aliphatic rings. The average molecular weight is 779 g/mol. The number of aliphatic hydroxyl groups is 1. The van der Waals surface area contributed by atoms with Crippen molar-refractivity contribution in [3.63, 3.8) is 0 Å². The molecule has 0 radical (unpaired) electrons. The highest BCUT2D eigenvalue weighted by Gasteiger charge is 2.78. The maximum atomic E-state index is 12.5. The molecule has 0 aromatic heterocycles. The van der Waals surface area contributed by atoms with Gasteiger partial charge in [0.2, 0.25) is 23.3 Å². The summed E-state index contributed by atoms with van der Waals surface area (Å²) in [6, 6.07) is 0.397. The largest absolute Gasteiger partial charge is 0.368 e. The monoisotopic (exact) mass is 778 g/mol. The van der Waals surface area contributed by atoms with Gasteiger partial charge in [0, 0.05) is 56.3 Å². The SMILES string of the molecule is CC1(O)NC(=O)[C@@]2(C(=O)CCCCCCCCCCCNC(=O)CCCCCNC(=O)CCCCCNC(=O)CCCC[C@@H]3SC[C@@H]4NC(=O)N[C@@H]43)O[C@@H]12. The van der Waals surface area contributed by atoms with Gasteiger partial charge in [0.05, 0.1) is 12.1 Å². The summed E-state index contributed by atoms with van der Waals surface area (Å²) < 4.78 is 5.31. The molecule has 4 aliphatic heterocycles. The number of urea groups is 1. The Hall–Kier alpha value is -2.91. The number of Topliss-reactive ketones (excluding diaryl/α,β-unsaturated/α-hetero) is 1. The van der Waals surface area contributed by atoms with E-state index in [1.54, 1.807) is 0 Å². The van der Waals surface area contributed by atoms with E-state index in [4.69, 9.17) is 4.74 Å². The van der Waals surface area contributed by atoms with E-state index in [-0.39, 0.29) is 41.6 Å². The minimum absolute atomic E-state index is 0.0564. The lowest BCUT2D eigenvalue weighted by atomic mass is 9.94. The van der Waals surface area contributed by atoms with E-state index in [1.807, 2.05) is 11.8 Å². The van der Waals surface area contributed by atoms with Crippen LogP contribution in [-0.4, -0.2) is 101 Å². The number of fused-ring (bicyclic) bond motifs is 2. The molecule has 15 heteroatoms. The number of ether oxygens (including phenoxy) is 1. The van der Waals surface area contributed by atoms with Crippen LogP contribution in [0.1, 0.15) is 148 Å². The Morgan fingerprint density at radius 3 is 1.65 bits per heavy atom. The summed E-state index contributed by atoms with van der Waals surface area (Å²) >= 11 is 1.90. The predicted molar refractivity (Wildman–Crippen MR) is 207 cm³/mol. The second-order valence-electron chi connectivity index (χ2n) is 15.7. The van der Waals surface area contributed by atoms with Crippen molar-refractivity contribution in [1.82, 2.24) is 31.9 Å².